The van der Waals surface area contributed by atoms with E-state index >= 15 is 0 Å². The summed E-state index contributed by atoms with van der Waals surface area (Å²) in [6, 6.07) is 0. The second kappa shape index (κ2) is 9.13. The number of rotatable bonds is 9. The fraction of sp³-hybridized carbons (Fsp3) is 1.00. The molecule has 0 aliphatic heterocycles. The minimum atomic E-state index is -4.21. The molecule has 1 unspecified atom stereocenters. The summed E-state index contributed by atoms with van der Waals surface area (Å²) >= 11 is 1.81. The van der Waals surface area contributed by atoms with Crippen molar-refractivity contribution in [3.05, 3.63) is 0 Å². The molecule has 6 heteroatoms. The zero-order valence-corrected chi connectivity index (χ0v) is 10.6. The van der Waals surface area contributed by atoms with Gasteiger partial charge in [-0.1, -0.05) is 6.92 Å². The van der Waals surface area contributed by atoms with Crippen LogP contribution in [0.25, 0.3) is 0 Å². The lowest BCUT2D eigenvalue weighted by atomic mass is 10.3. The lowest BCUT2D eigenvalue weighted by molar-refractivity contribution is -0.173. The molecule has 0 aliphatic carbocycles. The molecule has 0 aliphatic rings. The molecule has 0 aromatic rings. The number of alkyl halides is 3. The van der Waals surface area contributed by atoms with Gasteiger partial charge in [0.05, 0.1) is 0 Å². The van der Waals surface area contributed by atoms with Gasteiger partial charge in [0.15, 0.2) is 0 Å². The van der Waals surface area contributed by atoms with Crippen molar-refractivity contribution in [2.45, 2.75) is 31.2 Å². The topological polar surface area (TPSA) is 21.3 Å². The molecule has 0 saturated heterocycles. The van der Waals surface area contributed by atoms with Crippen LogP contribution >= 0.6 is 11.8 Å². The number of ether oxygens (including phenoxy) is 1. The number of hydrogen-bond acceptors (Lipinski definition) is 3. The predicted molar refractivity (Wildman–Crippen MR) is 62.0 cm³/mol. The van der Waals surface area contributed by atoms with Gasteiger partial charge in [-0.05, 0) is 32.2 Å². The van der Waals surface area contributed by atoms with Gasteiger partial charge in [0.25, 0.3) is 0 Å². The van der Waals surface area contributed by atoms with Crippen LogP contribution in [-0.4, -0.2) is 44.0 Å². The first kappa shape index (κ1) is 16.1. The first-order chi connectivity index (χ1) is 7.45. The molecule has 0 aromatic carbocycles. The van der Waals surface area contributed by atoms with Crippen LogP contribution in [0.1, 0.15) is 19.8 Å². The third-order valence-corrected chi connectivity index (χ3v) is 3.08. The molecule has 0 amide bonds. The maximum Gasteiger partial charge on any atom is 0.411 e. The Morgan fingerprint density at radius 2 is 2.00 bits per heavy atom. The average Bonchev–Trinajstić information content (AvgIpc) is 2.20. The van der Waals surface area contributed by atoms with Gasteiger partial charge < -0.3 is 10.1 Å². The van der Waals surface area contributed by atoms with E-state index in [9.17, 15) is 13.2 Å². The smallest absolute Gasteiger partial charge is 0.372 e. The molecule has 98 valence electrons. The van der Waals surface area contributed by atoms with Crippen LogP contribution in [0.4, 0.5) is 13.2 Å². The third-order valence-electron chi connectivity index (χ3n) is 2.04. The van der Waals surface area contributed by atoms with E-state index in [2.05, 4.69) is 23.2 Å². The van der Waals surface area contributed by atoms with Crippen LogP contribution in [0.3, 0.4) is 0 Å². The molecule has 0 saturated carbocycles. The van der Waals surface area contributed by atoms with Crippen molar-refractivity contribution in [3.63, 3.8) is 0 Å². The van der Waals surface area contributed by atoms with E-state index in [1.807, 2.05) is 11.8 Å². The normalized spacial score (nSPS) is 14.1. The van der Waals surface area contributed by atoms with Gasteiger partial charge in [-0.25, -0.2) is 0 Å². The Balaban J connectivity index is 3.10. The Labute approximate surface area is 99.3 Å². The highest BCUT2D eigenvalue weighted by Gasteiger charge is 2.27. The highest BCUT2D eigenvalue weighted by atomic mass is 32.2. The van der Waals surface area contributed by atoms with Crippen molar-refractivity contribution in [2.24, 2.45) is 0 Å². The fourth-order valence-corrected chi connectivity index (χ4v) is 1.39. The van der Waals surface area contributed by atoms with Crippen molar-refractivity contribution >= 4 is 11.8 Å². The molecule has 0 radical (unpaired) electrons. The molecule has 1 N–H and O–H groups in total. The summed E-state index contributed by atoms with van der Waals surface area (Å²) in [4.78, 5) is 0. The van der Waals surface area contributed by atoms with Crippen LogP contribution in [-0.2, 0) is 4.74 Å². The monoisotopic (exact) mass is 259 g/mol. The van der Waals surface area contributed by atoms with Gasteiger partial charge in [0.1, 0.15) is 6.61 Å². The van der Waals surface area contributed by atoms with Crippen molar-refractivity contribution < 1.29 is 17.9 Å². The Bertz CT molecular complexity index is 167. The van der Waals surface area contributed by atoms with Crippen molar-refractivity contribution in [3.8, 4) is 0 Å². The molecule has 2 nitrogen and oxygen atoms in total. The van der Waals surface area contributed by atoms with E-state index in [0.29, 0.717) is 18.2 Å². The lowest BCUT2D eigenvalue weighted by Crippen LogP contribution is -2.22. The van der Waals surface area contributed by atoms with E-state index in [4.69, 9.17) is 0 Å². The third kappa shape index (κ3) is 12.1. The number of nitrogens with one attached hydrogen (secondary N) is 1. The van der Waals surface area contributed by atoms with E-state index in [1.54, 1.807) is 0 Å². The maximum absolute atomic E-state index is 11.7. The molecule has 0 bridgehead atoms. The van der Waals surface area contributed by atoms with Gasteiger partial charge in [-0.15, -0.1) is 0 Å². The van der Waals surface area contributed by atoms with E-state index in [1.165, 1.54) is 0 Å². The standard InChI is InChI=1S/C10H20F3NOS/c1-9(16-2)4-6-14-5-3-7-15-8-10(11,12)13/h9,14H,3-8H2,1-2H3. The summed E-state index contributed by atoms with van der Waals surface area (Å²) < 4.78 is 39.5. The molecule has 0 heterocycles. The summed E-state index contributed by atoms with van der Waals surface area (Å²) in [6.45, 7) is 2.78. The Kier molecular flexibility index (Phi) is 9.16. The van der Waals surface area contributed by atoms with Gasteiger partial charge >= 0.3 is 6.18 Å². The molecule has 0 rings (SSSR count). The molecule has 16 heavy (non-hydrogen) atoms. The second-order valence-electron chi connectivity index (χ2n) is 3.61. The van der Waals surface area contributed by atoms with Gasteiger partial charge in [-0.2, -0.15) is 24.9 Å². The SMILES string of the molecule is CSC(C)CCNCCCOCC(F)(F)F. The average molecular weight is 259 g/mol. The highest BCUT2D eigenvalue weighted by Crippen LogP contribution is 2.14. The Morgan fingerprint density at radius 1 is 1.31 bits per heavy atom. The van der Waals surface area contributed by atoms with Crippen LogP contribution in [0.5, 0.6) is 0 Å². The minimum absolute atomic E-state index is 0.157. The summed E-state index contributed by atoms with van der Waals surface area (Å²) in [6.07, 6.45) is -0.453. The number of thioether (sulfide) groups is 1. The van der Waals surface area contributed by atoms with Crippen LogP contribution in [0.2, 0.25) is 0 Å². The summed E-state index contributed by atoms with van der Waals surface area (Å²) in [5, 5.41) is 3.79. The Hall–Kier alpha value is 0.0600. The quantitative estimate of drug-likeness (QED) is 0.643. The zero-order chi connectivity index (χ0) is 12.4. The van der Waals surface area contributed by atoms with Crippen LogP contribution in [0.15, 0.2) is 0 Å². The number of hydrogen-bond donors (Lipinski definition) is 1. The van der Waals surface area contributed by atoms with Crippen LogP contribution in [0, 0.1) is 0 Å². The van der Waals surface area contributed by atoms with Crippen LogP contribution < -0.4 is 5.32 Å². The van der Waals surface area contributed by atoms with E-state index in [0.717, 1.165) is 13.0 Å². The summed E-state index contributed by atoms with van der Waals surface area (Å²) in [7, 11) is 0. The highest BCUT2D eigenvalue weighted by molar-refractivity contribution is 7.99. The van der Waals surface area contributed by atoms with Gasteiger partial charge in [0.2, 0.25) is 0 Å². The lowest BCUT2D eigenvalue weighted by Gasteiger charge is -2.10. The molecule has 0 aromatic heterocycles. The minimum Gasteiger partial charge on any atom is -0.372 e. The van der Waals surface area contributed by atoms with Crippen molar-refractivity contribution in [1.29, 1.82) is 0 Å². The first-order valence-corrected chi connectivity index (χ1v) is 6.62. The van der Waals surface area contributed by atoms with Gasteiger partial charge in [0, 0.05) is 11.9 Å². The fourth-order valence-electron chi connectivity index (χ4n) is 1.04. The van der Waals surface area contributed by atoms with Crippen molar-refractivity contribution in [1.82, 2.24) is 5.32 Å². The molecule has 1 atom stereocenters. The zero-order valence-electron chi connectivity index (χ0n) is 9.77. The van der Waals surface area contributed by atoms with Crippen molar-refractivity contribution in [2.75, 3.05) is 32.6 Å². The Morgan fingerprint density at radius 3 is 2.56 bits per heavy atom. The van der Waals surface area contributed by atoms with E-state index < -0.39 is 12.8 Å². The largest absolute Gasteiger partial charge is 0.411 e. The molecule has 0 spiro atoms. The maximum atomic E-state index is 11.7. The molecular formula is C10H20F3NOS. The molecule has 0 fully saturated rings. The molecular weight excluding hydrogens is 239 g/mol. The number of halogens is 3. The second-order valence-corrected chi connectivity index (χ2v) is 4.88. The first-order valence-electron chi connectivity index (χ1n) is 5.33. The van der Waals surface area contributed by atoms with Gasteiger partial charge in [-0.3, -0.25) is 0 Å². The van der Waals surface area contributed by atoms with E-state index in [-0.39, 0.29) is 6.61 Å². The summed E-state index contributed by atoms with van der Waals surface area (Å²) in [5.74, 6) is 0. The summed E-state index contributed by atoms with van der Waals surface area (Å²) in [5.41, 5.74) is 0. The predicted octanol–water partition coefficient (Wildman–Crippen LogP) is 2.69.